The molecule has 0 unspecified atom stereocenters. The summed E-state index contributed by atoms with van der Waals surface area (Å²) < 4.78 is 5.97. The highest BCUT2D eigenvalue weighted by Crippen LogP contribution is 2.25. The summed E-state index contributed by atoms with van der Waals surface area (Å²) in [5.41, 5.74) is 2.12. The van der Waals surface area contributed by atoms with Crippen LogP contribution in [0, 0.1) is 6.92 Å². The lowest BCUT2D eigenvalue weighted by Crippen LogP contribution is -2.44. The van der Waals surface area contributed by atoms with Crippen molar-refractivity contribution in [1.29, 1.82) is 0 Å². The van der Waals surface area contributed by atoms with Gasteiger partial charge in [0.1, 0.15) is 17.9 Å². The van der Waals surface area contributed by atoms with Crippen molar-refractivity contribution >= 4 is 16.9 Å². The van der Waals surface area contributed by atoms with Crippen LogP contribution in [0.5, 0.6) is 0 Å². The van der Waals surface area contributed by atoms with Gasteiger partial charge in [0.15, 0.2) is 5.96 Å². The van der Waals surface area contributed by atoms with Crippen LogP contribution in [0.1, 0.15) is 31.1 Å². The van der Waals surface area contributed by atoms with E-state index in [1.54, 1.807) is 0 Å². The first kappa shape index (κ1) is 20.7. The smallest absolute Gasteiger partial charge is 0.191 e. The van der Waals surface area contributed by atoms with Gasteiger partial charge in [-0.1, -0.05) is 18.2 Å². The summed E-state index contributed by atoms with van der Waals surface area (Å²) in [5, 5.41) is 7.97. The minimum Gasteiger partial charge on any atom is -0.459 e. The first-order valence-electron chi connectivity index (χ1n) is 10.6. The topological polar surface area (TPSA) is 56.0 Å². The van der Waals surface area contributed by atoms with Gasteiger partial charge in [-0.15, -0.1) is 0 Å². The van der Waals surface area contributed by atoms with Gasteiger partial charge in [-0.3, -0.25) is 0 Å². The second kappa shape index (κ2) is 10.5. The van der Waals surface area contributed by atoms with Gasteiger partial charge in [-0.05, 0) is 46.3 Å². The van der Waals surface area contributed by atoms with Crippen LogP contribution in [0.3, 0.4) is 0 Å². The minimum atomic E-state index is 0.553. The first-order valence-corrected chi connectivity index (χ1v) is 10.6. The van der Waals surface area contributed by atoms with E-state index in [9.17, 15) is 0 Å². The van der Waals surface area contributed by atoms with Crippen LogP contribution >= 0.6 is 0 Å². The molecule has 3 rings (SSSR count). The first-order chi connectivity index (χ1) is 13.7. The molecule has 1 aromatic carbocycles. The van der Waals surface area contributed by atoms with Gasteiger partial charge in [0.25, 0.3) is 0 Å². The molecule has 0 bridgehead atoms. The summed E-state index contributed by atoms with van der Waals surface area (Å²) in [4.78, 5) is 9.70. The number of para-hydroxylation sites is 1. The molecule has 1 aliphatic rings. The standard InChI is InChI=1S/C22H35N5O/c1-4-23-22(24-11-7-8-12-27-15-13-26(3)14-16-27)25-17-21-18(2)19-9-5-6-10-20(19)28-21/h5-6,9-10H,4,7-8,11-17H2,1-3H3,(H2,23,24,25). The third-order valence-corrected chi connectivity index (χ3v) is 5.46. The molecule has 2 N–H and O–H groups in total. The highest BCUT2D eigenvalue weighted by atomic mass is 16.3. The van der Waals surface area contributed by atoms with Crippen LogP contribution in [-0.2, 0) is 6.54 Å². The molecule has 1 aromatic heterocycles. The number of furan rings is 1. The minimum absolute atomic E-state index is 0.553. The van der Waals surface area contributed by atoms with Crippen LogP contribution in [0.4, 0.5) is 0 Å². The van der Waals surface area contributed by atoms with Gasteiger partial charge in [0.05, 0.1) is 0 Å². The van der Waals surface area contributed by atoms with Gasteiger partial charge in [0.2, 0.25) is 0 Å². The number of nitrogens with one attached hydrogen (secondary N) is 2. The molecule has 0 radical (unpaired) electrons. The zero-order chi connectivity index (χ0) is 19.8. The zero-order valence-corrected chi connectivity index (χ0v) is 17.6. The number of hydrogen-bond acceptors (Lipinski definition) is 4. The lowest BCUT2D eigenvalue weighted by Gasteiger charge is -2.32. The lowest BCUT2D eigenvalue weighted by molar-refractivity contribution is 0.152. The van der Waals surface area contributed by atoms with Crippen molar-refractivity contribution in [3.63, 3.8) is 0 Å². The molecule has 0 atom stereocenters. The molecular weight excluding hydrogens is 350 g/mol. The predicted octanol–water partition coefficient (Wildman–Crippen LogP) is 2.82. The van der Waals surface area contributed by atoms with Gasteiger partial charge < -0.3 is 24.9 Å². The average Bonchev–Trinajstić information content (AvgIpc) is 3.03. The van der Waals surface area contributed by atoms with Gasteiger partial charge in [-0.2, -0.15) is 0 Å². The Balaban J connectivity index is 1.44. The van der Waals surface area contributed by atoms with Gasteiger partial charge in [0, 0.05) is 50.2 Å². The molecule has 2 heterocycles. The quantitative estimate of drug-likeness (QED) is 0.416. The maximum absolute atomic E-state index is 5.97. The Kier molecular flexibility index (Phi) is 7.74. The summed E-state index contributed by atoms with van der Waals surface area (Å²) in [5.74, 6) is 1.80. The van der Waals surface area contributed by atoms with E-state index in [2.05, 4.69) is 47.4 Å². The molecule has 28 heavy (non-hydrogen) atoms. The van der Waals surface area contributed by atoms with Crippen molar-refractivity contribution in [3.8, 4) is 0 Å². The molecule has 154 valence electrons. The molecule has 0 saturated carbocycles. The Morgan fingerprint density at radius 3 is 2.64 bits per heavy atom. The number of unbranched alkanes of at least 4 members (excludes halogenated alkanes) is 1. The molecule has 2 aromatic rings. The third kappa shape index (κ3) is 5.72. The summed E-state index contributed by atoms with van der Waals surface area (Å²) >= 11 is 0. The second-order valence-corrected chi connectivity index (χ2v) is 7.62. The lowest BCUT2D eigenvalue weighted by atomic mass is 10.1. The maximum atomic E-state index is 5.97. The average molecular weight is 386 g/mol. The molecule has 1 saturated heterocycles. The van der Waals surface area contributed by atoms with Crippen LogP contribution in [0.15, 0.2) is 33.7 Å². The Labute approximate surface area is 169 Å². The van der Waals surface area contributed by atoms with Gasteiger partial charge in [-0.25, -0.2) is 4.99 Å². The van der Waals surface area contributed by atoms with E-state index in [0.717, 1.165) is 36.8 Å². The maximum Gasteiger partial charge on any atom is 0.191 e. The van der Waals surface area contributed by atoms with E-state index >= 15 is 0 Å². The van der Waals surface area contributed by atoms with Gasteiger partial charge >= 0.3 is 0 Å². The molecular formula is C22H35N5O. The molecule has 6 nitrogen and oxygen atoms in total. The monoisotopic (exact) mass is 385 g/mol. The van der Waals surface area contributed by atoms with E-state index in [1.165, 1.54) is 50.1 Å². The van der Waals surface area contributed by atoms with Crippen LogP contribution in [-0.4, -0.2) is 68.6 Å². The van der Waals surface area contributed by atoms with E-state index in [1.807, 2.05) is 18.2 Å². The van der Waals surface area contributed by atoms with Crippen molar-refractivity contribution in [2.24, 2.45) is 4.99 Å². The third-order valence-electron chi connectivity index (χ3n) is 5.46. The molecule has 0 spiro atoms. The summed E-state index contributed by atoms with van der Waals surface area (Å²) in [6.07, 6.45) is 2.37. The number of guanidine groups is 1. The zero-order valence-electron chi connectivity index (χ0n) is 17.6. The number of fused-ring (bicyclic) bond motifs is 1. The number of aliphatic imine (C=N–C) groups is 1. The Morgan fingerprint density at radius 1 is 1.11 bits per heavy atom. The number of piperazine rings is 1. The number of nitrogens with zero attached hydrogens (tertiary/aromatic N) is 3. The summed E-state index contributed by atoms with van der Waals surface area (Å²) in [7, 11) is 2.20. The second-order valence-electron chi connectivity index (χ2n) is 7.62. The number of aryl methyl sites for hydroxylation is 1. The van der Waals surface area contributed by atoms with E-state index in [-0.39, 0.29) is 0 Å². The van der Waals surface area contributed by atoms with Crippen molar-refractivity contribution in [2.75, 3.05) is 52.9 Å². The van der Waals surface area contributed by atoms with Crippen LogP contribution in [0.2, 0.25) is 0 Å². The summed E-state index contributed by atoms with van der Waals surface area (Å²) in [6, 6.07) is 8.17. The molecule has 0 amide bonds. The fourth-order valence-electron chi connectivity index (χ4n) is 3.61. The largest absolute Gasteiger partial charge is 0.459 e. The fourth-order valence-corrected chi connectivity index (χ4v) is 3.61. The molecule has 6 heteroatoms. The van der Waals surface area contributed by atoms with Crippen LogP contribution < -0.4 is 10.6 Å². The summed E-state index contributed by atoms with van der Waals surface area (Å²) in [6.45, 7) is 12.5. The van der Waals surface area contributed by atoms with Crippen molar-refractivity contribution in [2.45, 2.75) is 33.2 Å². The SMILES string of the molecule is CCNC(=NCc1oc2ccccc2c1C)NCCCCN1CCN(C)CC1. The Hall–Kier alpha value is -2.05. The predicted molar refractivity (Wildman–Crippen MR) is 117 cm³/mol. The molecule has 1 aliphatic heterocycles. The van der Waals surface area contributed by atoms with E-state index in [4.69, 9.17) is 9.41 Å². The Morgan fingerprint density at radius 2 is 1.89 bits per heavy atom. The number of rotatable bonds is 8. The van der Waals surface area contributed by atoms with Crippen molar-refractivity contribution in [1.82, 2.24) is 20.4 Å². The number of hydrogen-bond donors (Lipinski definition) is 2. The number of likely N-dealkylation sites (N-methyl/N-ethyl adjacent to an activating group) is 1. The highest BCUT2D eigenvalue weighted by molar-refractivity contribution is 5.82. The Bertz CT molecular complexity index is 761. The van der Waals surface area contributed by atoms with E-state index < -0.39 is 0 Å². The van der Waals surface area contributed by atoms with Crippen molar-refractivity contribution < 1.29 is 4.42 Å². The van der Waals surface area contributed by atoms with Crippen molar-refractivity contribution in [3.05, 3.63) is 35.6 Å². The molecule has 0 aliphatic carbocycles. The normalized spacial score (nSPS) is 16.6. The fraction of sp³-hybridized carbons (Fsp3) is 0.591. The number of benzene rings is 1. The molecule has 1 fully saturated rings. The van der Waals surface area contributed by atoms with Crippen LogP contribution in [0.25, 0.3) is 11.0 Å². The highest BCUT2D eigenvalue weighted by Gasteiger charge is 2.13. The van der Waals surface area contributed by atoms with E-state index in [0.29, 0.717) is 6.54 Å².